The third-order valence-electron chi connectivity index (χ3n) is 4.22. The molecule has 3 rings (SSSR count). The molecule has 0 saturated carbocycles. The molecule has 8 nitrogen and oxygen atoms in total. The number of benzene rings is 1. The maximum atomic E-state index is 13.1. The molecular formula is C15H16BrN3O5S. The van der Waals surface area contributed by atoms with Gasteiger partial charge in [-0.3, -0.25) is 4.79 Å². The number of amides is 1. The highest BCUT2D eigenvalue weighted by molar-refractivity contribution is 9.10. The lowest BCUT2D eigenvalue weighted by Crippen LogP contribution is -2.42. The lowest BCUT2D eigenvalue weighted by atomic mass is 10.2. The number of aromatic amines is 1. The van der Waals surface area contributed by atoms with E-state index < -0.39 is 22.2 Å². The number of H-pyrrole nitrogens is 1. The second-order valence-electron chi connectivity index (χ2n) is 5.77. The molecule has 1 amide bonds. The lowest BCUT2D eigenvalue weighted by molar-refractivity contribution is 0.191. The standard InChI is InChI=1S/C15H16BrN3O5S/c16-9-3-4-11-12(6-9)13(8-17-14(11)20)25(23,24)19-5-1-2-10(19)7-18-15(21)22/h3-4,6,8,10,18H,1-2,5,7H2,(H,17,20)(H,21,22)/t10-/m1/s1. The van der Waals surface area contributed by atoms with E-state index in [0.29, 0.717) is 29.2 Å². The van der Waals surface area contributed by atoms with E-state index in [1.807, 2.05) is 0 Å². The van der Waals surface area contributed by atoms with Gasteiger partial charge in [-0.1, -0.05) is 15.9 Å². The van der Waals surface area contributed by atoms with Crippen molar-refractivity contribution >= 4 is 42.8 Å². The Bertz CT molecular complexity index is 988. The van der Waals surface area contributed by atoms with Crippen LogP contribution in [0.15, 0.2) is 38.6 Å². The Labute approximate surface area is 152 Å². The van der Waals surface area contributed by atoms with Crippen LogP contribution in [0.25, 0.3) is 10.8 Å². The summed E-state index contributed by atoms with van der Waals surface area (Å²) in [7, 11) is -3.89. The number of fused-ring (bicyclic) bond motifs is 1. The fourth-order valence-electron chi connectivity index (χ4n) is 3.08. The Morgan fingerprint density at radius 3 is 2.88 bits per heavy atom. The number of rotatable bonds is 4. The van der Waals surface area contributed by atoms with E-state index in [1.165, 1.54) is 10.5 Å². The maximum absolute atomic E-state index is 13.1. The second-order valence-corrected chi connectivity index (χ2v) is 8.54. The quantitative estimate of drug-likeness (QED) is 0.683. The van der Waals surface area contributed by atoms with E-state index in [2.05, 4.69) is 26.2 Å². The van der Waals surface area contributed by atoms with Crippen molar-refractivity contribution in [1.82, 2.24) is 14.6 Å². The zero-order valence-electron chi connectivity index (χ0n) is 13.0. The van der Waals surface area contributed by atoms with Crippen molar-refractivity contribution in [3.05, 3.63) is 39.2 Å². The number of carbonyl (C=O) groups is 1. The molecule has 0 spiro atoms. The molecule has 0 radical (unpaired) electrons. The maximum Gasteiger partial charge on any atom is 0.404 e. The molecule has 1 aromatic carbocycles. The van der Waals surface area contributed by atoms with Gasteiger partial charge in [0.15, 0.2) is 0 Å². The third kappa shape index (κ3) is 3.42. The lowest BCUT2D eigenvalue weighted by Gasteiger charge is -2.24. The van der Waals surface area contributed by atoms with E-state index in [1.54, 1.807) is 18.2 Å². The SMILES string of the molecule is O=C(O)NC[C@H]1CCCN1S(=O)(=O)c1c[nH]c(=O)c2ccc(Br)cc12. The van der Waals surface area contributed by atoms with Crippen molar-refractivity contribution in [2.24, 2.45) is 0 Å². The van der Waals surface area contributed by atoms with Gasteiger partial charge in [-0.25, -0.2) is 13.2 Å². The van der Waals surface area contributed by atoms with E-state index in [9.17, 15) is 18.0 Å². The molecule has 1 aliphatic rings. The topological polar surface area (TPSA) is 120 Å². The first-order chi connectivity index (χ1) is 11.8. The Balaban J connectivity index is 2.07. The zero-order chi connectivity index (χ0) is 18.2. The summed E-state index contributed by atoms with van der Waals surface area (Å²) < 4.78 is 28.2. The van der Waals surface area contributed by atoms with Gasteiger partial charge in [-0.2, -0.15) is 4.31 Å². The first-order valence-electron chi connectivity index (χ1n) is 7.60. The van der Waals surface area contributed by atoms with Gasteiger partial charge < -0.3 is 15.4 Å². The molecule has 25 heavy (non-hydrogen) atoms. The number of sulfonamides is 1. The smallest absolute Gasteiger partial charge is 0.404 e. The molecule has 2 heterocycles. The molecule has 0 unspecified atom stereocenters. The van der Waals surface area contributed by atoms with Gasteiger partial charge in [0.1, 0.15) is 4.90 Å². The van der Waals surface area contributed by atoms with Crippen molar-refractivity contribution < 1.29 is 18.3 Å². The summed E-state index contributed by atoms with van der Waals surface area (Å²) in [6.07, 6.45) is 1.23. The molecule has 134 valence electrons. The molecule has 0 aliphatic carbocycles. The molecule has 1 saturated heterocycles. The molecule has 2 aromatic rings. The number of aromatic nitrogens is 1. The third-order valence-corrected chi connectivity index (χ3v) is 6.71. The summed E-state index contributed by atoms with van der Waals surface area (Å²) in [6.45, 7) is 0.336. The molecule has 1 aliphatic heterocycles. The molecule has 1 atom stereocenters. The zero-order valence-corrected chi connectivity index (χ0v) is 15.4. The largest absolute Gasteiger partial charge is 0.465 e. The van der Waals surface area contributed by atoms with Crippen molar-refractivity contribution in [3.8, 4) is 0 Å². The first kappa shape index (κ1) is 17.9. The number of hydrogen-bond donors (Lipinski definition) is 3. The summed E-state index contributed by atoms with van der Waals surface area (Å²) in [5, 5.41) is 11.6. The van der Waals surface area contributed by atoms with Gasteiger partial charge in [0.05, 0.1) is 0 Å². The van der Waals surface area contributed by atoms with Crippen LogP contribution in [0.1, 0.15) is 12.8 Å². The van der Waals surface area contributed by atoms with Crippen LogP contribution in [0.4, 0.5) is 4.79 Å². The molecular weight excluding hydrogens is 414 g/mol. The molecule has 1 fully saturated rings. The van der Waals surface area contributed by atoms with Crippen LogP contribution >= 0.6 is 15.9 Å². The molecule has 1 aromatic heterocycles. The fourth-order valence-corrected chi connectivity index (χ4v) is 5.29. The Morgan fingerprint density at radius 2 is 2.16 bits per heavy atom. The van der Waals surface area contributed by atoms with E-state index >= 15 is 0 Å². The molecule has 10 heteroatoms. The Hall–Kier alpha value is -1.91. The van der Waals surface area contributed by atoms with Gasteiger partial charge in [-0.15, -0.1) is 0 Å². The summed E-state index contributed by atoms with van der Waals surface area (Å²) in [4.78, 5) is 25.2. The van der Waals surface area contributed by atoms with Crippen LogP contribution in [0.2, 0.25) is 0 Å². The number of pyridine rings is 1. The average molecular weight is 430 g/mol. The van der Waals surface area contributed by atoms with Crippen LogP contribution in [-0.4, -0.2) is 48.0 Å². The highest BCUT2D eigenvalue weighted by Gasteiger charge is 2.36. The molecule has 3 N–H and O–H groups in total. The summed E-state index contributed by atoms with van der Waals surface area (Å²) in [5.74, 6) is 0. The summed E-state index contributed by atoms with van der Waals surface area (Å²) in [6, 6.07) is 4.38. The van der Waals surface area contributed by atoms with Gasteiger partial charge in [0.25, 0.3) is 5.56 Å². The highest BCUT2D eigenvalue weighted by atomic mass is 79.9. The van der Waals surface area contributed by atoms with Crippen molar-refractivity contribution in [2.45, 2.75) is 23.8 Å². The minimum absolute atomic E-state index is 0.00521. The fraction of sp³-hybridized carbons (Fsp3) is 0.333. The van der Waals surface area contributed by atoms with Crippen LogP contribution in [0.5, 0.6) is 0 Å². The first-order valence-corrected chi connectivity index (χ1v) is 9.83. The Kier molecular flexibility index (Phi) is 4.85. The number of carboxylic acid groups (broad SMARTS) is 1. The Morgan fingerprint density at radius 1 is 1.40 bits per heavy atom. The number of halogens is 1. The van der Waals surface area contributed by atoms with Crippen LogP contribution in [0, 0.1) is 0 Å². The van der Waals surface area contributed by atoms with Crippen molar-refractivity contribution in [3.63, 3.8) is 0 Å². The normalized spacial score (nSPS) is 18.5. The van der Waals surface area contributed by atoms with Gasteiger partial charge in [-0.05, 0) is 31.0 Å². The van der Waals surface area contributed by atoms with Gasteiger partial charge in [0, 0.05) is 40.6 Å². The van der Waals surface area contributed by atoms with Crippen LogP contribution in [-0.2, 0) is 10.0 Å². The van der Waals surface area contributed by atoms with E-state index in [0.717, 1.165) is 0 Å². The van der Waals surface area contributed by atoms with Gasteiger partial charge in [0.2, 0.25) is 10.0 Å². The van der Waals surface area contributed by atoms with Crippen LogP contribution in [0.3, 0.4) is 0 Å². The average Bonchev–Trinajstić information content (AvgIpc) is 3.02. The van der Waals surface area contributed by atoms with Crippen LogP contribution < -0.4 is 10.9 Å². The second kappa shape index (κ2) is 6.77. The van der Waals surface area contributed by atoms with Crippen molar-refractivity contribution in [2.75, 3.05) is 13.1 Å². The number of hydrogen-bond acceptors (Lipinski definition) is 4. The van der Waals surface area contributed by atoms with E-state index in [4.69, 9.17) is 5.11 Å². The predicted molar refractivity (Wildman–Crippen MR) is 95.2 cm³/mol. The summed E-state index contributed by atoms with van der Waals surface area (Å²) >= 11 is 3.30. The summed E-state index contributed by atoms with van der Waals surface area (Å²) in [5.41, 5.74) is -0.369. The minimum Gasteiger partial charge on any atom is -0.465 e. The minimum atomic E-state index is -3.89. The molecule has 0 bridgehead atoms. The van der Waals surface area contributed by atoms with Crippen molar-refractivity contribution in [1.29, 1.82) is 0 Å². The number of nitrogens with zero attached hydrogens (tertiary/aromatic N) is 1. The van der Waals surface area contributed by atoms with Gasteiger partial charge >= 0.3 is 6.09 Å². The highest BCUT2D eigenvalue weighted by Crippen LogP contribution is 2.30. The monoisotopic (exact) mass is 429 g/mol. The predicted octanol–water partition coefficient (Wildman–Crippen LogP) is 1.71. The number of nitrogens with one attached hydrogen (secondary N) is 2. The van der Waals surface area contributed by atoms with E-state index in [-0.39, 0.29) is 22.4 Å².